The number of amides is 1. The highest BCUT2D eigenvalue weighted by molar-refractivity contribution is 5.95. The molecular formula is C19H22N2O2. The maximum Gasteiger partial charge on any atom is 0.242 e. The van der Waals surface area contributed by atoms with Crippen LogP contribution in [0, 0.1) is 6.92 Å². The van der Waals surface area contributed by atoms with Gasteiger partial charge in [0, 0.05) is 17.8 Å². The van der Waals surface area contributed by atoms with Gasteiger partial charge in [-0.2, -0.15) is 0 Å². The van der Waals surface area contributed by atoms with Crippen molar-refractivity contribution >= 4 is 17.4 Å². The summed E-state index contributed by atoms with van der Waals surface area (Å²) in [6.07, 6.45) is 0. The summed E-state index contributed by atoms with van der Waals surface area (Å²) in [6.45, 7) is 5.85. The first-order chi connectivity index (χ1) is 11.0. The van der Waals surface area contributed by atoms with Gasteiger partial charge in [-0.25, -0.2) is 0 Å². The lowest BCUT2D eigenvalue weighted by molar-refractivity contribution is -0.121. The van der Waals surface area contributed by atoms with Gasteiger partial charge in [-0.1, -0.05) is 42.0 Å². The number of hydrogen-bond donors (Lipinski definition) is 2. The molecule has 2 aromatic carbocycles. The van der Waals surface area contributed by atoms with Crippen LogP contribution in [0.25, 0.3) is 0 Å². The normalized spacial score (nSPS) is 11.6. The SMILES string of the molecule is CC(=O)c1cccc(N[C@@H](C)C(=O)NCc2ccc(C)cc2)c1. The van der Waals surface area contributed by atoms with Crippen LogP contribution in [-0.2, 0) is 11.3 Å². The Kier molecular flexibility index (Phi) is 5.52. The van der Waals surface area contributed by atoms with Crippen molar-refractivity contribution in [3.63, 3.8) is 0 Å². The van der Waals surface area contributed by atoms with E-state index >= 15 is 0 Å². The summed E-state index contributed by atoms with van der Waals surface area (Å²) >= 11 is 0. The number of carbonyl (C=O) groups is 2. The Morgan fingerprint density at radius 2 is 1.78 bits per heavy atom. The third-order valence-electron chi connectivity index (χ3n) is 3.63. The monoisotopic (exact) mass is 310 g/mol. The Morgan fingerprint density at radius 1 is 1.09 bits per heavy atom. The fourth-order valence-corrected chi connectivity index (χ4v) is 2.19. The largest absolute Gasteiger partial charge is 0.374 e. The Labute approximate surface area is 136 Å². The molecule has 0 heterocycles. The van der Waals surface area contributed by atoms with Gasteiger partial charge < -0.3 is 10.6 Å². The number of benzene rings is 2. The minimum atomic E-state index is -0.386. The van der Waals surface area contributed by atoms with Gasteiger partial charge >= 0.3 is 0 Å². The Bertz CT molecular complexity index is 693. The van der Waals surface area contributed by atoms with E-state index in [-0.39, 0.29) is 17.7 Å². The van der Waals surface area contributed by atoms with Crippen molar-refractivity contribution in [3.8, 4) is 0 Å². The average molecular weight is 310 g/mol. The van der Waals surface area contributed by atoms with Crippen molar-refractivity contribution in [2.24, 2.45) is 0 Å². The maximum absolute atomic E-state index is 12.2. The van der Waals surface area contributed by atoms with Crippen molar-refractivity contribution < 1.29 is 9.59 Å². The van der Waals surface area contributed by atoms with E-state index in [4.69, 9.17) is 0 Å². The lowest BCUT2D eigenvalue weighted by atomic mass is 10.1. The number of nitrogens with one attached hydrogen (secondary N) is 2. The van der Waals surface area contributed by atoms with E-state index in [1.165, 1.54) is 12.5 Å². The van der Waals surface area contributed by atoms with Crippen LogP contribution in [0.15, 0.2) is 48.5 Å². The zero-order valence-corrected chi connectivity index (χ0v) is 13.7. The summed E-state index contributed by atoms with van der Waals surface area (Å²) in [4.78, 5) is 23.6. The van der Waals surface area contributed by atoms with Crippen LogP contribution in [0.2, 0.25) is 0 Å². The molecule has 0 aromatic heterocycles. The summed E-state index contributed by atoms with van der Waals surface area (Å²) in [6, 6.07) is 14.8. The van der Waals surface area contributed by atoms with Crippen LogP contribution in [0.5, 0.6) is 0 Å². The molecule has 23 heavy (non-hydrogen) atoms. The van der Waals surface area contributed by atoms with Gasteiger partial charge in [-0.05, 0) is 38.5 Å². The summed E-state index contributed by atoms with van der Waals surface area (Å²) in [5, 5.41) is 6.03. The highest BCUT2D eigenvalue weighted by Gasteiger charge is 2.12. The third-order valence-corrected chi connectivity index (χ3v) is 3.63. The molecule has 0 aliphatic heterocycles. The molecule has 1 amide bonds. The van der Waals surface area contributed by atoms with Crippen LogP contribution in [-0.4, -0.2) is 17.7 Å². The average Bonchev–Trinajstić information content (AvgIpc) is 2.54. The van der Waals surface area contributed by atoms with Crippen molar-refractivity contribution in [1.29, 1.82) is 0 Å². The molecule has 0 aliphatic rings. The van der Waals surface area contributed by atoms with E-state index in [2.05, 4.69) is 10.6 Å². The first kappa shape index (κ1) is 16.7. The molecule has 0 radical (unpaired) electrons. The van der Waals surface area contributed by atoms with E-state index in [9.17, 15) is 9.59 Å². The summed E-state index contributed by atoms with van der Waals surface area (Å²) in [5.74, 6) is -0.0797. The second-order valence-electron chi connectivity index (χ2n) is 5.71. The van der Waals surface area contributed by atoms with Gasteiger partial charge in [0.05, 0.1) is 0 Å². The minimum Gasteiger partial charge on any atom is -0.374 e. The number of anilines is 1. The molecule has 0 fully saturated rings. The topological polar surface area (TPSA) is 58.2 Å². The smallest absolute Gasteiger partial charge is 0.242 e. The van der Waals surface area contributed by atoms with Crippen molar-refractivity contribution in [1.82, 2.24) is 5.32 Å². The van der Waals surface area contributed by atoms with Crippen LogP contribution in [0.3, 0.4) is 0 Å². The molecule has 4 nitrogen and oxygen atoms in total. The summed E-state index contributed by atoms with van der Waals surface area (Å²) < 4.78 is 0. The molecular weight excluding hydrogens is 288 g/mol. The molecule has 0 saturated carbocycles. The zero-order valence-electron chi connectivity index (χ0n) is 13.7. The van der Waals surface area contributed by atoms with E-state index < -0.39 is 0 Å². The lowest BCUT2D eigenvalue weighted by Gasteiger charge is -2.16. The molecule has 120 valence electrons. The van der Waals surface area contributed by atoms with E-state index in [1.54, 1.807) is 25.1 Å². The molecule has 4 heteroatoms. The lowest BCUT2D eigenvalue weighted by Crippen LogP contribution is -2.37. The van der Waals surface area contributed by atoms with Crippen LogP contribution >= 0.6 is 0 Å². The highest BCUT2D eigenvalue weighted by Crippen LogP contribution is 2.12. The molecule has 1 atom stereocenters. The first-order valence-electron chi connectivity index (χ1n) is 7.66. The number of Topliss-reactive ketones (excluding diaryl/α,β-unsaturated/α-hetero) is 1. The molecule has 0 spiro atoms. The van der Waals surface area contributed by atoms with Crippen molar-refractivity contribution in [2.75, 3.05) is 5.32 Å². The number of carbonyl (C=O) groups excluding carboxylic acids is 2. The van der Waals surface area contributed by atoms with E-state index in [0.717, 1.165) is 11.3 Å². The van der Waals surface area contributed by atoms with Crippen LogP contribution < -0.4 is 10.6 Å². The van der Waals surface area contributed by atoms with Crippen LogP contribution in [0.4, 0.5) is 5.69 Å². The third kappa shape index (κ3) is 4.95. The number of hydrogen-bond acceptors (Lipinski definition) is 3. The summed E-state index contributed by atoms with van der Waals surface area (Å²) in [5.41, 5.74) is 3.65. The minimum absolute atomic E-state index is 0.00475. The predicted octanol–water partition coefficient (Wildman–Crippen LogP) is 3.31. The van der Waals surface area contributed by atoms with Crippen molar-refractivity contribution in [2.45, 2.75) is 33.4 Å². The van der Waals surface area contributed by atoms with Gasteiger partial charge in [-0.3, -0.25) is 9.59 Å². The van der Waals surface area contributed by atoms with Gasteiger partial charge in [-0.15, -0.1) is 0 Å². The molecule has 0 aliphatic carbocycles. The molecule has 2 aromatic rings. The molecule has 0 unspecified atom stereocenters. The second-order valence-corrected chi connectivity index (χ2v) is 5.71. The van der Waals surface area contributed by atoms with Crippen molar-refractivity contribution in [3.05, 3.63) is 65.2 Å². The fraction of sp³-hybridized carbons (Fsp3) is 0.263. The maximum atomic E-state index is 12.2. The van der Waals surface area contributed by atoms with E-state index in [1.807, 2.05) is 37.3 Å². The molecule has 2 N–H and O–H groups in total. The number of rotatable bonds is 6. The molecule has 2 rings (SSSR count). The Morgan fingerprint density at radius 3 is 2.43 bits per heavy atom. The van der Waals surface area contributed by atoms with Gasteiger partial charge in [0.1, 0.15) is 6.04 Å². The van der Waals surface area contributed by atoms with Gasteiger partial charge in [0.15, 0.2) is 5.78 Å². The Balaban J connectivity index is 1.90. The zero-order chi connectivity index (χ0) is 16.8. The number of aryl methyl sites for hydroxylation is 1. The molecule has 0 bridgehead atoms. The van der Waals surface area contributed by atoms with Gasteiger partial charge in [0.2, 0.25) is 5.91 Å². The molecule has 0 saturated heterocycles. The van der Waals surface area contributed by atoms with Crippen LogP contribution in [0.1, 0.15) is 35.3 Å². The first-order valence-corrected chi connectivity index (χ1v) is 7.66. The summed E-state index contributed by atoms with van der Waals surface area (Å²) in [7, 11) is 0. The Hall–Kier alpha value is -2.62. The predicted molar refractivity (Wildman–Crippen MR) is 92.6 cm³/mol. The fourth-order valence-electron chi connectivity index (χ4n) is 2.19. The standard InChI is InChI=1S/C19H22N2O2/c1-13-7-9-16(10-8-13)12-20-19(23)14(2)21-18-6-4-5-17(11-18)15(3)22/h4-11,14,21H,12H2,1-3H3,(H,20,23)/t14-/m0/s1. The highest BCUT2D eigenvalue weighted by atomic mass is 16.2. The second kappa shape index (κ2) is 7.58. The van der Waals surface area contributed by atoms with Gasteiger partial charge in [0.25, 0.3) is 0 Å². The quantitative estimate of drug-likeness (QED) is 0.805. The number of ketones is 1. The van der Waals surface area contributed by atoms with E-state index in [0.29, 0.717) is 12.1 Å².